The fourth-order valence-electron chi connectivity index (χ4n) is 1.73. The Bertz CT molecular complexity index is 497. The minimum Gasteiger partial charge on any atom is -0.352 e. The van der Waals surface area contributed by atoms with Gasteiger partial charge in [-0.2, -0.15) is 0 Å². The van der Waals surface area contributed by atoms with Crippen molar-refractivity contribution in [2.24, 2.45) is 7.05 Å². The second-order valence-corrected chi connectivity index (χ2v) is 4.23. The summed E-state index contributed by atoms with van der Waals surface area (Å²) in [6, 6.07) is 1.98. The van der Waals surface area contributed by atoms with Crippen LogP contribution in [-0.4, -0.2) is 26.6 Å². The Morgan fingerprint density at radius 2 is 2.06 bits per heavy atom. The van der Waals surface area contributed by atoms with E-state index in [2.05, 4.69) is 19.9 Å². The van der Waals surface area contributed by atoms with E-state index in [0.717, 1.165) is 29.7 Å². The molecule has 90 valence electrons. The summed E-state index contributed by atoms with van der Waals surface area (Å²) < 4.78 is 2.01. The van der Waals surface area contributed by atoms with E-state index in [4.69, 9.17) is 0 Å². The molecule has 0 saturated carbocycles. The fourth-order valence-corrected chi connectivity index (χ4v) is 1.73. The van der Waals surface area contributed by atoms with Crippen LogP contribution in [-0.2, 0) is 13.6 Å². The van der Waals surface area contributed by atoms with E-state index in [1.165, 1.54) is 0 Å². The van der Waals surface area contributed by atoms with Gasteiger partial charge in [0.25, 0.3) is 0 Å². The quantitative estimate of drug-likeness (QED) is 0.802. The van der Waals surface area contributed by atoms with Crippen LogP contribution in [0.2, 0.25) is 0 Å². The second kappa shape index (κ2) is 4.53. The SMILES string of the molecule is Cc1cc(N(C)Cc2nccn2C)nc(C)n1. The van der Waals surface area contributed by atoms with Gasteiger partial charge in [0.15, 0.2) is 0 Å². The molecule has 0 saturated heterocycles. The Morgan fingerprint density at radius 3 is 2.65 bits per heavy atom. The van der Waals surface area contributed by atoms with Crippen molar-refractivity contribution >= 4 is 5.82 Å². The van der Waals surface area contributed by atoms with E-state index in [1.54, 1.807) is 6.20 Å². The summed E-state index contributed by atoms with van der Waals surface area (Å²) in [4.78, 5) is 15.1. The molecule has 5 nitrogen and oxygen atoms in total. The number of nitrogens with zero attached hydrogens (tertiary/aromatic N) is 5. The van der Waals surface area contributed by atoms with E-state index < -0.39 is 0 Å². The molecule has 0 unspecified atom stereocenters. The number of hydrogen-bond donors (Lipinski definition) is 0. The van der Waals surface area contributed by atoms with Gasteiger partial charge in [0.1, 0.15) is 17.5 Å². The lowest BCUT2D eigenvalue weighted by Gasteiger charge is -2.18. The lowest BCUT2D eigenvalue weighted by Crippen LogP contribution is -2.20. The van der Waals surface area contributed by atoms with Crippen LogP contribution in [0, 0.1) is 13.8 Å². The molecule has 0 spiro atoms. The molecule has 0 aliphatic heterocycles. The third-order valence-electron chi connectivity index (χ3n) is 2.64. The molecule has 0 radical (unpaired) electrons. The van der Waals surface area contributed by atoms with Gasteiger partial charge in [-0.1, -0.05) is 0 Å². The van der Waals surface area contributed by atoms with Gasteiger partial charge < -0.3 is 9.47 Å². The smallest absolute Gasteiger partial charge is 0.132 e. The predicted octanol–water partition coefficient (Wildman–Crippen LogP) is 1.46. The van der Waals surface area contributed by atoms with Crippen molar-refractivity contribution in [1.29, 1.82) is 0 Å². The third kappa shape index (κ3) is 2.61. The van der Waals surface area contributed by atoms with Crippen LogP contribution < -0.4 is 4.90 Å². The minimum absolute atomic E-state index is 0.736. The van der Waals surface area contributed by atoms with Crippen LogP contribution in [0.1, 0.15) is 17.3 Å². The monoisotopic (exact) mass is 231 g/mol. The molecule has 0 atom stereocenters. The van der Waals surface area contributed by atoms with Crippen molar-refractivity contribution in [1.82, 2.24) is 19.5 Å². The highest BCUT2D eigenvalue weighted by Crippen LogP contribution is 2.12. The van der Waals surface area contributed by atoms with E-state index in [1.807, 2.05) is 44.8 Å². The third-order valence-corrected chi connectivity index (χ3v) is 2.64. The zero-order chi connectivity index (χ0) is 12.4. The van der Waals surface area contributed by atoms with E-state index in [9.17, 15) is 0 Å². The summed E-state index contributed by atoms with van der Waals surface area (Å²) in [7, 11) is 4.00. The number of aromatic nitrogens is 4. The number of anilines is 1. The van der Waals surface area contributed by atoms with Crippen molar-refractivity contribution < 1.29 is 0 Å². The van der Waals surface area contributed by atoms with Crippen LogP contribution in [0.3, 0.4) is 0 Å². The van der Waals surface area contributed by atoms with E-state index in [-0.39, 0.29) is 0 Å². The molecule has 0 fully saturated rings. The molecule has 2 aromatic rings. The van der Waals surface area contributed by atoms with Crippen molar-refractivity contribution in [3.8, 4) is 0 Å². The number of aryl methyl sites for hydroxylation is 3. The molecule has 0 aliphatic rings. The highest BCUT2D eigenvalue weighted by molar-refractivity contribution is 5.38. The molecule has 0 N–H and O–H groups in total. The van der Waals surface area contributed by atoms with Crippen LogP contribution >= 0.6 is 0 Å². The number of rotatable bonds is 3. The minimum atomic E-state index is 0.736. The molecule has 5 heteroatoms. The van der Waals surface area contributed by atoms with Gasteiger partial charge in [-0.05, 0) is 13.8 Å². The van der Waals surface area contributed by atoms with Gasteiger partial charge in [-0.25, -0.2) is 15.0 Å². The highest BCUT2D eigenvalue weighted by Gasteiger charge is 2.08. The lowest BCUT2D eigenvalue weighted by atomic mass is 10.4. The summed E-state index contributed by atoms with van der Waals surface area (Å²) in [5.41, 5.74) is 0.985. The first-order valence-electron chi connectivity index (χ1n) is 5.56. The Morgan fingerprint density at radius 1 is 1.29 bits per heavy atom. The predicted molar refractivity (Wildman–Crippen MR) is 66.8 cm³/mol. The van der Waals surface area contributed by atoms with Gasteiger partial charge in [0, 0.05) is 38.2 Å². The molecule has 0 bridgehead atoms. The average Bonchev–Trinajstić information content (AvgIpc) is 2.63. The molecule has 2 aromatic heterocycles. The van der Waals surface area contributed by atoms with Crippen LogP contribution in [0.5, 0.6) is 0 Å². The standard InChI is InChI=1S/C12H17N5/c1-9-7-11(15-10(2)14-9)17(4)8-12-13-5-6-16(12)3/h5-7H,8H2,1-4H3. The molecule has 17 heavy (non-hydrogen) atoms. The first kappa shape index (κ1) is 11.6. The zero-order valence-electron chi connectivity index (χ0n) is 10.7. The highest BCUT2D eigenvalue weighted by atomic mass is 15.2. The van der Waals surface area contributed by atoms with Gasteiger partial charge in [0.05, 0.1) is 6.54 Å². The largest absolute Gasteiger partial charge is 0.352 e. The molecular formula is C12H17N5. The van der Waals surface area contributed by atoms with Gasteiger partial charge in [-0.3, -0.25) is 0 Å². The van der Waals surface area contributed by atoms with Crippen LogP contribution in [0.4, 0.5) is 5.82 Å². The first-order valence-corrected chi connectivity index (χ1v) is 5.56. The average molecular weight is 231 g/mol. The maximum Gasteiger partial charge on any atom is 0.132 e. The second-order valence-electron chi connectivity index (χ2n) is 4.23. The Labute approximate surface area is 101 Å². The Balaban J connectivity index is 2.20. The van der Waals surface area contributed by atoms with Crippen molar-refractivity contribution in [3.05, 3.63) is 35.8 Å². The maximum absolute atomic E-state index is 4.42. The van der Waals surface area contributed by atoms with E-state index in [0.29, 0.717) is 0 Å². The molecule has 2 rings (SSSR count). The molecule has 0 aliphatic carbocycles. The summed E-state index contributed by atoms with van der Waals surface area (Å²) >= 11 is 0. The summed E-state index contributed by atoms with van der Waals surface area (Å²) in [5, 5.41) is 0. The van der Waals surface area contributed by atoms with Gasteiger partial charge in [0.2, 0.25) is 0 Å². The molecule has 2 heterocycles. The van der Waals surface area contributed by atoms with Crippen molar-refractivity contribution in [3.63, 3.8) is 0 Å². The topological polar surface area (TPSA) is 46.8 Å². The van der Waals surface area contributed by atoms with Gasteiger partial charge in [-0.15, -0.1) is 0 Å². The Kier molecular flexibility index (Phi) is 3.08. The van der Waals surface area contributed by atoms with Crippen molar-refractivity contribution in [2.75, 3.05) is 11.9 Å². The number of hydrogen-bond acceptors (Lipinski definition) is 4. The van der Waals surface area contributed by atoms with Crippen LogP contribution in [0.25, 0.3) is 0 Å². The molecule has 0 aromatic carbocycles. The summed E-state index contributed by atoms with van der Waals surface area (Å²) in [6.07, 6.45) is 3.75. The van der Waals surface area contributed by atoms with Crippen LogP contribution in [0.15, 0.2) is 18.5 Å². The summed E-state index contributed by atoms with van der Waals surface area (Å²) in [5.74, 6) is 2.74. The first-order chi connectivity index (χ1) is 8.06. The van der Waals surface area contributed by atoms with Crippen molar-refractivity contribution in [2.45, 2.75) is 20.4 Å². The normalized spacial score (nSPS) is 10.6. The summed E-state index contributed by atoms with van der Waals surface area (Å²) in [6.45, 7) is 4.62. The van der Waals surface area contributed by atoms with E-state index >= 15 is 0 Å². The van der Waals surface area contributed by atoms with Gasteiger partial charge >= 0.3 is 0 Å². The zero-order valence-corrected chi connectivity index (χ0v) is 10.7. The number of imidazole rings is 1. The maximum atomic E-state index is 4.42. The lowest BCUT2D eigenvalue weighted by molar-refractivity contribution is 0.751. The Hall–Kier alpha value is -1.91. The fraction of sp³-hybridized carbons (Fsp3) is 0.417. The molecule has 0 amide bonds. The molecular weight excluding hydrogens is 214 g/mol.